The summed E-state index contributed by atoms with van der Waals surface area (Å²) < 4.78 is 0. The van der Waals surface area contributed by atoms with Gasteiger partial charge in [0.2, 0.25) is 5.91 Å². The van der Waals surface area contributed by atoms with Crippen LogP contribution in [-0.4, -0.2) is 23.9 Å². The van der Waals surface area contributed by atoms with Crippen LogP contribution in [0.25, 0.3) is 0 Å². The number of rotatable bonds is 3. The Balaban J connectivity index is 2.60. The summed E-state index contributed by atoms with van der Waals surface area (Å²) in [6.07, 6.45) is 4.63. The molecule has 82 valence electrons. The number of nitrogens with zero attached hydrogens (tertiary/aromatic N) is 2. The van der Waals surface area contributed by atoms with Crippen molar-refractivity contribution < 1.29 is 4.79 Å². The Morgan fingerprint density at radius 2 is 2.47 bits per heavy atom. The Kier molecular flexibility index (Phi) is 4.36. The van der Waals surface area contributed by atoms with Crippen molar-refractivity contribution in [3.8, 4) is 6.07 Å². The summed E-state index contributed by atoms with van der Waals surface area (Å²) in [5.74, 6) is -0.437. The summed E-state index contributed by atoms with van der Waals surface area (Å²) in [5, 5.41) is 8.91. The number of carbonyl (C=O) groups is 1. The van der Waals surface area contributed by atoms with Gasteiger partial charge in [0.15, 0.2) is 0 Å². The van der Waals surface area contributed by atoms with Crippen LogP contribution in [0.15, 0.2) is 11.6 Å². The second-order valence-electron chi connectivity index (χ2n) is 4.07. The smallest absolute Gasteiger partial charge is 0.240 e. The van der Waals surface area contributed by atoms with Crippen molar-refractivity contribution in [2.75, 3.05) is 13.1 Å². The monoisotopic (exact) mass is 206 g/mol. The van der Waals surface area contributed by atoms with Gasteiger partial charge in [-0.2, -0.15) is 5.26 Å². The van der Waals surface area contributed by atoms with E-state index in [1.54, 1.807) is 4.90 Å². The normalized spacial score (nSPS) is 17.9. The summed E-state index contributed by atoms with van der Waals surface area (Å²) in [5.41, 5.74) is 1.22. The molecule has 0 N–H and O–H groups in total. The molecule has 1 heterocycles. The van der Waals surface area contributed by atoms with Gasteiger partial charge in [-0.15, -0.1) is 0 Å². The SMILES string of the molecule is CCCC(C#N)C(=O)N1CCC=C(C)C1. The number of nitriles is 1. The van der Waals surface area contributed by atoms with Crippen molar-refractivity contribution in [1.29, 1.82) is 5.26 Å². The minimum atomic E-state index is -0.444. The topological polar surface area (TPSA) is 44.1 Å². The van der Waals surface area contributed by atoms with Crippen molar-refractivity contribution in [2.45, 2.75) is 33.1 Å². The first-order chi connectivity index (χ1) is 7.19. The molecule has 1 rings (SSSR count). The Morgan fingerprint density at radius 1 is 1.73 bits per heavy atom. The van der Waals surface area contributed by atoms with Crippen LogP contribution in [0, 0.1) is 17.2 Å². The average molecular weight is 206 g/mol. The van der Waals surface area contributed by atoms with Gasteiger partial charge in [-0.1, -0.05) is 25.0 Å². The van der Waals surface area contributed by atoms with Crippen molar-refractivity contribution in [2.24, 2.45) is 5.92 Å². The molecule has 0 aromatic carbocycles. The number of hydrogen-bond acceptors (Lipinski definition) is 2. The molecule has 1 atom stereocenters. The Hall–Kier alpha value is -1.30. The molecule has 0 fully saturated rings. The maximum atomic E-state index is 11.9. The first kappa shape index (κ1) is 11.8. The molecule has 0 aliphatic carbocycles. The highest BCUT2D eigenvalue weighted by molar-refractivity contribution is 5.81. The fraction of sp³-hybridized carbons (Fsp3) is 0.667. The molecule has 3 heteroatoms. The van der Waals surface area contributed by atoms with E-state index in [-0.39, 0.29) is 5.91 Å². The molecule has 0 spiro atoms. The number of carbonyl (C=O) groups excluding carboxylic acids is 1. The Labute approximate surface area is 91.4 Å². The maximum absolute atomic E-state index is 11.9. The lowest BCUT2D eigenvalue weighted by Gasteiger charge is -2.27. The van der Waals surface area contributed by atoms with Crippen molar-refractivity contribution in [3.05, 3.63) is 11.6 Å². The van der Waals surface area contributed by atoms with E-state index in [0.29, 0.717) is 13.0 Å². The molecule has 1 unspecified atom stereocenters. The van der Waals surface area contributed by atoms with Gasteiger partial charge in [0.05, 0.1) is 6.07 Å². The first-order valence-electron chi connectivity index (χ1n) is 5.53. The van der Waals surface area contributed by atoms with Crippen molar-refractivity contribution in [3.63, 3.8) is 0 Å². The lowest BCUT2D eigenvalue weighted by molar-refractivity contribution is -0.133. The molecule has 0 saturated carbocycles. The van der Waals surface area contributed by atoms with Crippen LogP contribution < -0.4 is 0 Å². The fourth-order valence-corrected chi connectivity index (χ4v) is 1.85. The standard InChI is InChI=1S/C12H18N2O/c1-3-5-11(8-13)12(15)14-7-4-6-10(2)9-14/h6,11H,3-5,7,9H2,1-2H3. The summed E-state index contributed by atoms with van der Waals surface area (Å²) >= 11 is 0. The Morgan fingerprint density at radius 3 is 3.00 bits per heavy atom. The van der Waals surface area contributed by atoms with Crippen LogP contribution in [0.1, 0.15) is 33.1 Å². The highest BCUT2D eigenvalue weighted by Crippen LogP contribution is 2.15. The number of amides is 1. The van der Waals surface area contributed by atoms with Crippen LogP contribution in [-0.2, 0) is 4.79 Å². The summed E-state index contributed by atoms with van der Waals surface area (Å²) in [4.78, 5) is 13.7. The highest BCUT2D eigenvalue weighted by atomic mass is 16.2. The van der Waals surface area contributed by atoms with Gasteiger partial charge in [0.25, 0.3) is 0 Å². The molecule has 15 heavy (non-hydrogen) atoms. The first-order valence-corrected chi connectivity index (χ1v) is 5.53. The molecule has 1 aliphatic rings. The van der Waals surface area contributed by atoms with E-state index in [1.807, 2.05) is 13.8 Å². The van der Waals surface area contributed by atoms with Crippen LogP contribution in [0.3, 0.4) is 0 Å². The van der Waals surface area contributed by atoms with Gasteiger partial charge in [-0.05, 0) is 19.8 Å². The zero-order valence-electron chi connectivity index (χ0n) is 9.49. The van der Waals surface area contributed by atoms with Crippen LogP contribution >= 0.6 is 0 Å². The summed E-state index contributed by atoms with van der Waals surface area (Å²) in [6.45, 7) is 5.48. The molecule has 0 aromatic rings. The lowest BCUT2D eigenvalue weighted by Crippen LogP contribution is -2.39. The summed E-state index contributed by atoms with van der Waals surface area (Å²) in [7, 11) is 0. The van der Waals surface area contributed by atoms with Gasteiger partial charge in [0, 0.05) is 13.1 Å². The third kappa shape index (κ3) is 3.09. The van der Waals surface area contributed by atoms with E-state index < -0.39 is 5.92 Å². The fourth-order valence-electron chi connectivity index (χ4n) is 1.85. The van der Waals surface area contributed by atoms with Crippen molar-refractivity contribution >= 4 is 5.91 Å². The zero-order chi connectivity index (χ0) is 11.3. The van der Waals surface area contributed by atoms with Gasteiger partial charge >= 0.3 is 0 Å². The molecule has 1 amide bonds. The molecule has 1 aliphatic heterocycles. The largest absolute Gasteiger partial charge is 0.337 e. The van der Waals surface area contributed by atoms with Crippen LogP contribution in [0.4, 0.5) is 0 Å². The van der Waals surface area contributed by atoms with E-state index in [4.69, 9.17) is 5.26 Å². The number of hydrogen-bond donors (Lipinski definition) is 0. The van der Waals surface area contributed by atoms with Crippen LogP contribution in [0.2, 0.25) is 0 Å². The lowest BCUT2D eigenvalue weighted by atomic mass is 10.0. The maximum Gasteiger partial charge on any atom is 0.240 e. The average Bonchev–Trinajstić information content (AvgIpc) is 2.25. The molecule has 0 radical (unpaired) electrons. The highest BCUT2D eigenvalue weighted by Gasteiger charge is 2.24. The Bertz CT molecular complexity index is 301. The summed E-state index contributed by atoms with van der Waals surface area (Å²) in [6, 6.07) is 2.10. The molecule has 3 nitrogen and oxygen atoms in total. The van der Waals surface area contributed by atoms with E-state index >= 15 is 0 Å². The molecule has 0 bridgehead atoms. The molecule has 0 saturated heterocycles. The van der Waals surface area contributed by atoms with Gasteiger partial charge in [0.1, 0.15) is 5.92 Å². The third-order valence-electron chi connectivity index (χ3n) is 2.68. The second-order valence-corrected chi connectivity index (χ2v) is 4.07. The van der Waals surface area contributed by atoms with Crippen LogP contribution in [0.5, 0.6) is 0 Å². The van der Waals surface area contributed by atoms with Gasteiger partial charge in [-0.25, -0.2) is 0 Å². The third-order valence-corrected chi connectivity index (χ3v) is 2.68. The van der Waals surface area contributed by atoms with E-state index in [0.717, 1.165) is 19.4 Å². The van der Waals surface area contributed by atoms with E-state index in [1.165, 1.54) is 5.57 Å². The molecule has 0 aromatic heterocycles. The second kappa shape index (κ2) is 5.55. The van der Waals surface area contributed by atoms with Gasteiger partial charge in [-0.3, -0.25) is 4.79 Å². The molecular formula is C12H18N2O. The predicted octanol–water partition coefficient (Wildman–Crippen LogP) is 2.10. The molecular weight excluding hydrogens is 188 g/mol. The van der Waals surface area contributed by atoms with E-state index in [2.05, 4.69) is 12.1 Å². The zero-order valence-corrected chi connectivity index (χ0v) is 9.49. The minimum absolute atomic E-state index is 0.00630. The van der Waals surface area contributed by atoms with E-state index in [9.17, 15) is 4.79 Å². The minimum Gasteiger partial charge on any atom is -0.337 e. The quantitative estimate of drug-likeness (QED) is 0.664. The van der Waals surface area contributed by atoms with Crippen molar-refractivity contribution in [1.82, 2.24) is 4.90 Å². The van der Waals surface area contributed by atoms with Gasteiger partial charge < -0.3 is 4.90 Å². The predicted molar refractivity (Wildman–Crippen MR) is 59.0 cm³/mol.